The Kier molecular flexibility index (Phi) is 4.81. The zero-order chi connectivity index (χ0) is 17.7. The molecule has 0 aromatic carbocycles. The smallest absolute Gasteiger partial charge is 0.229 e. The molecule has 2 aliphatic heterocycles. The molecule has 25 heavy (non-hydrogen) atoms. The van der Waals surface area contributed by atoms with Crippen LogP contribution in [0.2, 0.25) is 0 Å². The SMILES string of the molecule is CC1=C2C=C([C@H](C)C(=O)N3CCCC3)CC[C@@]2(C)CCC12SCCS2. The zero-order valence-corrected chi connectivity index (χ0v) is 17.5. The van der Waals surface area contributed by atoms with E-state index >= 15 is 0 Å². The molecule has 2 atom stereocenters. The first-order valence-corrected chi connectivity index (χ1v) is 11.9. The van der Waals surface area contributed by atoms with Crippen molar-refractivity contribution in [2.24, 2.45) is 11.3 Å². The first-order valence-electron chi connectivity index (χ1n) is 9.94. The summed E-state index contributed by atoms with van der Waals surface area (Å²) in [4.78, 5) is 15.0. The molecule has 2 fully saturated rings. The maximum absolute atomic E-state index is 12.9. The Balaban J connectivity index is 1.65. The fourth-order valence-corrected chi connectivity index (χ4v) is 8.47. The van der Waals surface area contributed by atoms with Crippen LogP contribution in [0.15, 0.2) is 22.8 Å². The van der Waals surface area contributed by atoms with E-state index in [0.717, 1.165) is 19.5 Å². The molecule has 0 saturated carbocycles. The van der Waals surface area contributed by atoms with Crippen LogP contribution in [-0.4, -0.2) is 39.5 Å². The zero-order valence-electron chi connectivity index (χ0n) is 15.9. The van der Waals surface area contributed by atoms with Gasteiger partial charge in [0.05, 0.1) is 10.00 Å². The van der Waals surface area contributed by atoms with Crippen LogP contribution < -0.4 is 0 Å². The van der Waals surface area contributed by atoms with Crippen molar-refractivity contribution in [3.8, 4) is 0 Å². The van der Waals surface area contributed by atoms with E-state index in [4.69, 9.17) is 0 Å². The maximum Gasteiger partial charge on any atom is 0.229 e. The number of likely N-dealkylation sites (tertiary alicyclic amines) is 1. The van der Waals surface area contributed by atoms with Gasteiger partial charge in [-0.1, -0.05) is 18.6 Å². The highest BCUT2D eigenvalue weighted by Gasteiger charge is 2.48. The van der Waals surface area contributed by atoms with Crippen molar-refractivity contribution in [1.82, 2.24) is 4.90 Å². The number of fused-ring (bicyclic) bond motifs is 1. The number of carbonyl (C=O) groups is 1. The van der Waals surface area contributed by atoms with Crippen LogP contribution in [0.3, 0.4) is 0 Å². The van der Waals surface area contributed by atoms with E-state index < -0.39 is 0 Å². The molecular weight excluding hydrogens is 346 g/mol. The highest BCUT2D eigenvalue weighted by molar-refractivity contribution is 8.21. The van der Waals surface area contributed by atoms with Gasteiger partial charge in [-0.05, 0) is 68.9 Å². The Labute approximate surface area is 161 Å². The number of nitrogens with zero attached hydrogens (tertiary/aromatic N) is 1. The summed E-state index contributed by atoms with van der Waals surface area (Å²) in [7, 11) is 0. The Hall–Kier alpha value is -0.350. The summed E-state index contributed by atoms with van der Waals surface area (Å²) < 4.78 is 0.329. The lowest BCUT2D eigenvalue weighted by atomic mass is 9.64. The minimum absolute atomic E-state index is 0.0599. The van der Waals surface area contributed by atoms with Gasteiger partial charge in [0.2, 0.25) is 5.91 Å². The van der Waals surface area contributed by atoms with E-state index in [1.54, 1.807) is 11.1 Å². The first-order chi connectivity index (χ1) is 12.0. The van der Waals surface area contributed by atoms with Gasteiger partial charge in [0.25, 0.3) is 0 Å². The van der Waals surface area contributed by atoms with Crippen molar-refractivity contribution >= 4 is 29.4 Å². The molecule has 0 N–H and O–H groups in total. The summed E-state index contributed by atoms with van der Waals surface area (Å²) in [5.74, 6) is 2.99. The van der Waals surface area contributed by atoms with Crippen LogP contribution in [0.5, 0.6) is 0 Å². The van der Waals surface area contributed by atoms with Crippen molar-refractivity contribution in [3.63, 3.8) is 0 Å². The summed E-state index contributed by atoms with van der Waals surface area (Å²) in [6.45, 7) is 8.91. The van der Waals surface area contributed by atoms with Crippen molar-refractivity contribution < 1.29 is 4.79 Å². The summed E-state index contributed by atoms with van der Waals surface area (Å²) in [5.41, 5.74) is 4.89. The van der Waals surface area contributed by atoms with E-state index in [0.29, 0.717) is 15.4 Å². The molecule has 2 nitrogen and oxygen atoms in total. The molecule has 0 aromatic heterocycles. The molecule has 1 amide bonds. The highest BCUT2D eigenvalue weighted by atomic mass is 32.2. The van der Waals surface area contributed by atoms with Crippen LogP contribution in [0.4, 0.5) is 0 Å². The predicted molar refractivity (Wildman–Crippen MR) is 110 cm³/mol. The Bertz CT molecular complexity index is 626. The molecule has 1 spiro atoms. The Morgan fingerprint density at radius 1 is 1.16 bits per heavy atom. The van der Waals surface area contributed by atoms with Gasteiger partial charge in [0.15, 0.2) is 0 Å². The monoisotopic (exact) mass is 377 g/mol. The van der Waals surface area contributed by atoms with Crippen molar-refractivity contribution in [1.29, 1.82) is 0 Å². The van der Waals surface area contributed by atoms with E-state index in [9.17, 15) is 4.79 Å². The number of hydrogen-bond donors (Lipinski definition) is 0. The molecule has 0 bridgehead atoms. The second kappa shape index (κ2) is 6.67. The molecule has 2 aliphatic carbocycles. The van der Waals surface area contributed by atoms with Gasteiger partial charge in [-0.15, -0.1) is 23.5 Å². The van der Waals surface area contributed by atoms with E-state index in [1.165, 1.54) is 49.2 Å². The normalized spacial score (nSPS) is 32.8. The van der Waals surface area contributed by atoms with Gasteiger partial charge < -0.3 is 4.90 Å². The number of carbonyl (C=O) groups excluding carboxylic acids is 1. The topological polar surface area (TPSA) is 20.3 Å². The van der Waals surface area contributed by atoms with Crippen LogP contribution in [0, 0.1) is 11.3 Å². The Morgan fingerprint density at radius 3 is 2.52 bits per heavy atom. The highest BCUT2D eigenvalue weighted by Crippen LogP contribution is 2.61. The van der Waals surface area contributed by atoms with Crippen molar-refractivity contribution in [3.05, 3.63) is 22.8 Å². The first kappa shape index (κ1) is 18.0. The Morgan fingerprint density at radius 2 is 1.84 bits per heavy atom. The lowest BCUT2D eigenvalue weighted by molar-refractivity contribution is -0.132. The van der Waals surface area contributed by atoms with E-state index in [-0.39, 0.29) is 5.92 Å². The summed E-state index contributed by atoms with van der Waals surface area (Å²) in [6.07, 6.45) is 9.75. The minimum Gasteiger partial charge on any atom is -0.342 e. The largest absolute Gasteiger partial charge is 0.342 e. The molecule has 4 rings (SSSR count). The number of rotatable bonds is 2. The average molecular weight is 378 g/mol. The van der Waals surface area contributed by atoms with Crippen LogP contribution >= 0.6 is 23.5 Å². The molecule has 138 valence electrons. The summed E-state index contributed by atoms with van der Waals surface area (Å²) in [5, 5.41) is 0. The summed E-state index contributed by atoms with van der Waals surface area (Å²) >= 11 is 4.33. The number of allylic oxidation sites excluding steroid dienone is 2. The summed E-state index contributed by atoms with van der Waals surface area (Å²) in [6, 6.07) is 0. The van der Waals surface area contributed by atoms with E-state index in [1.807, 2.05) is 0 Å². The van der Waals surface area contributed by atoms with Gasteiger partial charge in [-0.25, -0.2) is 0 Å². The molecule has 4 aliphatic rings. The van der Waals surface area contributed by atoms with Gasteiger partial charge >= 0.3 is 0 Å². The van der Waals surface area contributed by atoms with Gasteiger partial charge in [-0.2, -0.15) is 0 Å². The third kappa shape index (κ3) is 3.01. The maximum atomic E-state index is 12.9. The second-order valence-corrected chi connectivity index (χ2v) is 11.6. The van der Waals surface area contributed by atoms with Gasteiger partial charge in [0, 0.05) is 24.6 Å². The standard InChI is InChI=1S/C21H31NOS2/c1-15(19(23)22-10-4-5-11-22)17-6-7-20(3)8-9-21(24-12-13-25-21)16(2)18(20)14-17/h14-15H,4-13H2,1-3H3/t15-,20-/m0/s1. The molecule has 0 unspecified atom stereocenters. The fraction of sp³-hybridized carbons (Fsp3) is 0.762. The second-order valence-electron chi connectivity index (χ2n) is 8.52. The molecule has 4 heteroatoms. The molecular formula is C21H31NOS2. The number of thioether (sulfide) groups is 2. The van der Waals surface area contributed by atoms with Gasteiger partial charge in [0.1, 0.15) is 0 Å². The minimum atomic E-state index is 0.0599. The number of amides is 1. The van der Waals surface area contributed by atoms with Crippen LogP contribution in [0.1, 0.15) is 59.3 Å². The van der Waals surface area contributed by atoms with Crippen LogP contribution in [0.25, 0.3) is 0 Å². The predicted octanol–water partition coefficient (Wildman–Crippen LogP) is 5.26. The van der Waals surface area contributed by atoms with Gasteiger partial charge in [-0.3, -0.25) is 4.79 Å². The lowest BCUT2D eigenvalue weighted by Crippen LogP contribution is -2.38. The molecule has 0 radical (unpaired) electrons. The quantitative estimate of drug-likeness (QED) is 0.655. The molecule has 2 saturated heterocycles. The lowest BCUT2D eigenvalue weighted by Gasteiger charge is -2.47. The third-order valence-corrected chi connectivity index (χ3v) is 10.8. The van der Waals surface area contributed by atoms with Crippen molar-refractivity contribution in [2.45, 2.75) is 63.4 Å². The number of hydrogen-bond acceptors (Lipinski definition) is 3. The van der Waals surface area contributed by atoms with E-state index in [2.05, 4.69) is 55.3 Å². The van der Waals surface area contributed by atoms with Crippen LogP contribution in [-0.2, 0) is 4.79 Å². The average Bonchev–Trinajstić information content (AvgIpc) is 3.30. The molecule has 2 heterocycles. The fourth-order valence-electron chi connectivity index (χ4n) is 5.17. The van der Waals surface area contributed by atoms with Crippen molar-refractivity contribution in [2.75, 3.05) is 24.6 Å². The third-order valence-electron chi connectivity index (χ3n) is 7.02. The molecule has 0 aromatic rings.